The summed E-state index contributed by atoms with van der Waals surface area (Å²) >= 11 is 0. The monoisotopic (exact) mass is 341 g/mol. The van der Waals surface area contributed by atoms with Crippen molar-refractivity contribution in [2.45, 2.75) is 13.0 Å². The van der Waals surface area contributed by atoms with E-state index in [-0.39, 0.29) is 11.3 Å². The van der Waals surface area contributed by atoms with Crippen molar-refractivity contribution in [3.8, 4) is 17.2 Å². The molecule has 0 bridgehead atoms. The Bertz CT molecular complexity index is 821. The average molecular weight is 341 g/mol. The third-order valence-corrected chi connectivity index (χ3v) is 3.59. The predicted octanol–water partition coefficient (Wildman–Crippen LogP) is 5.58. The number of nitrogens with two attached hydrogens (primary N) is 1. The molecule has 0 heterocycles. The van der Waals surface area contributed by atoms with E-state index in [0.29, 0.717) is 23.9 Å². The number of hydrogen-bond acceptors (Lipinski definition) is 3. The summed E-state index contributed by atoms with van der Waals surface area (Å²) < 4.78 is 36.6. The molecule has 0 amide bonds. The largest absolute Gasteiger partial charge is 0.489 e. The molecule has 0 atom stereocenters. The molecule has 0 aliphatic carbocycles. The molecule has 0 spiro atoms. The summed E-state index contributed by atoms with van der Waals surface area (Å²) in [7, 11) is 0. The van der Waals surface area contributed by atoms with Crippen molar-refractivity contribution in [1.29, 1.82) is 0 Å². The van der Waals surface area contributed by atoms with Gasteiger partial charge in [-0.15, -0.1) is 0 Å². The molecule has 128 valence electrons. The molecular formula is C20H17F2NO2. The Labute approximate surface area is 144 Å². The molecule has 0 aromatic heterocycles. The molecule has 0 saturated carbocycles. The highest BCUT2D eigenvalue weighted by Gasteiger charge is 2.10. The molecule has 3 aromatic rings. The van der Waals surface area contributed by atoms with Crippen LogP contribution in [0, 0.1) is 0 Å². The van der Waals surface area contributed by atoms with Crippen LogP contribution in [-0.4, -0.2) is 0 Å². The first-order valence-corrected chi connectivity index (χ1v) is 7.74. The van der Waals surface area contributed by atoms with E-state index in [4.69, 9.17) is 15.2 Å². The van der Waals surface area contributed by atoms with Gasteiger partial charge in [0.25, 0.3) is 6.43 Å². The van der Waals surface area contributed by atoms with Crippen LogP contribution in [0.2, 0.25) is 0 Å². The minimum absolute atomic E-state index is 0.130. The zero-order chi connectivity index (χ0) is 17.6. The molecule has 3 nitrogen and oxygen atoms in total. The number of rotatable bonds is 6. The zero-order valence-corrected chi connectivity index (χ0v) is 13.4. The molecular weight excluding hydrogens is 324 g/mol. The number of halogens is 2. The van der Waals surface area contributed by atoms with Crippen LogP contribution in [0.3, 0.4) is 0 Å². The Hall–Kier alpha value is -3.08. The molecule has 5 heteroatoms. The first-order valence-electron chi connectivity index (χ1n) is 7.74. The summed E-state index contributed by atoms with van der Waals surface area (Å²) in [5, 5.41) is 0. The van der Waals surface area contributed by atoms with Gasteiger partial charge in [-0.05, 0) is 48.0 Å². The normalized spacial score (nSPS) is 10.7. The fourth-order valence-electron chi connectivity index (χ4n) is 2.27. The summed E-state index contributed by atoms with van der Waals surface area (Å²) in [6.45, 7) is 0.475. The highest BCUT2D eigenvalue weighted by atomic mass is 19.3. The summed E-state index contributed by atoms with van der Waals surface area (Å²) in [4.78, 5) is 0. The second-order valence-electron chi connectivity index (χ2n) is 5.45. The first kappa shape index (κ1) is 16.8. The van der Waals surface area contributed by atoms with Crippen LogP contribution in [0.4, 0.5) is 14.5 Å². The Balaban J connectivity index is 1.63. The van der Waals surface area contributed by atoms with Gasteiger partial charge in [-0.1, -0.05) is 30.3 Å². The van der Waals surface area contributed by atoms with Crippen molar-refractivity contribution >= 4 is 5.69 Å². The van der Waals surface area contributed by atoms with Crippen LogP contribution in [0.15, 0.2) is 72.8 Å². The molecule has 3 rings (SSSR count). The van der Waals surface area contributed by atoms with Crippen molar-refractivity contribution in [1.82, 2.24) is 0 Å². The minimum Gasteiger partial charge on any atom is -0.489 e. The highest BCUT2D eigenvalue weighted by molar-refractivity contribution is 5.56. The van der Waals surface area contributed by atoms with Crippen molar-refractivity contribution in [2.24, 2.45) is 0 Å². The Morgan fingerprint density at radius 1 is 0.840 bits per heavy atom. The van der Waals surface area contributed by atoms with E-state index in [1.807, 2.05) is 30.3 Å². The fraction of sp³-hybridized carbons (Fsp3) is 0.100. The van der Waals surface area contributed by atoms with Gasteiger partial charge >= 0.3 is 0 Å². The maximum Gasteiger partial charge on any atom is 0.263 e. The predicted molar refractivity (Wildman–Crippen MR) is 93.1 cm³/mol. The quantitative estimate of drug-likeness (QED) is 0.595. The van der Waals surface area contributed by atoms with E-state index >= 15 is 0 Å². The van der Waals surface area contributed by atoms with Gasteiger partial charge in [0, 0.05) is 5.56 Å². The molecule has 2 N–H and O–H groups in total. The first-order chi connectivity index (χ1) is 12.1. The van der Waals surface area contributed by atoms with Crippen LogP contribution in [0.25, 0.3) is 0 Å². The number of hydrogen-bond donors (Lipinski definition) is 1. The van der Waals surface area contributed by atoms with Gasteiger partial charge in [0.05, 0.1) is 5.69 Å². The third-order valence-electron chi connectivity index (χ3n) is 3.59. The molecule has 25 heavy (non-hydrogen) atoms. The van der Waals surface area contributed by atoms with E-state index in [1.54, 1.807) is 24.3 Å². The van der Waals surface area contributed by atoms with E-state index in [2.05, 4.69) is 0 Å². The van der Waals surface area contributed by atoms with Gasteiger partial charge in [-0.3, -0.25) is 0 Å². The molecule has 0 aliphatic rings. The van der Waals surface area contributed by atoms with E-state index in [0.717, 1.165) is 5.56 Å². The number of nitrogen functional groups attached to an aromatic ring is 1. The SMILES string of the molecule is Nc1cc(C(F)F)ccc1Oc1ccc(OCc2ccccc2)cc1. The van der Waals surface area contributed by atoms with Crippen molar-refractivity contribution in [3.63, 3.8) is 0 Å². The zero-order valence-electron chi connectivity index (χ0n) is 13.4. The Morgan fingerprint density at radius 3 is 2.16 bits per heavy atom. The van der Waals surface area contributed by atoms with Gasteiger partial charge in [-0.2, -0.15) is 0 Å². The molecule has 0 fully saturated rings. The summed E-state index contributed by atoms with van der Waals surface area (Å²) in [5.74, 6) is 1.59. The summed E-state index contributed by atoms with van der Waals surface area (Å²) in [6, 6.07) is 20.8. The van der Waals surface area contributed by atoms with Crippen LogP contribution in [0.5, 0.6) is 17.2 Å². The maximum atomic E-state index is 12.6. The van der Waals surface area contributed by atoms with Crippen molar-refractivity contribution in [2.75, 3.05) is 5.73 Å². The van der Waals surface area contributed by atoms with Crippen LogP contribution in [0.1, 0.15) is 17.6 Å². The number of alkyl halides is 2. The fourth-order valence-corrected chi connectivity index (χ4v) is 2.27. The average Bonchev–Trinajstić information content (AvgIpc) is 2.63. The molecule has 0 aliphatic heterocycles. The second kappa shape index (κ2) is 7.66. The van der Waals surface area contributed by atoms with Crippen molar-refractivity contribution < 1.29 is 18.3 Å². The number of anilines is 1. The molecule has 0 radical (unpaired) electrons. The summed E-state index contributed by atoms with van der Waals surface area (Å²) in [5.41, 5.74) is 6.88. The number of ether oxygens (including phenoxy) is 2. The Kier molecular flexibility index (Phi) is 5.14. The van der Waals surface area contributed by atoms with E-state index < -0.39 is 6.43 Å². The van der Waals surface area contributed by atoms with E-state index in [1.165, 1.54) is 18.2 Å². The molecule has 0 unspecified atom stereocenters. The van der Waals surface area contributed by atoms with Gasteiger partial charge in [-0.25, -0.2) is 8.78 Å². The number of benzene rings is 3. The van der Waals surface area contributed by atoms with Crippen LogP contribution in [-0.2, 0) is 6.61 Å². The Morgan fingerprint density at radius 2 is 1.52 bits per heavy atom. The van der Waals surface area contributed by atoms with Crippen LogP contribution < -0.4 is 15.2 Å². The summed E-state index contributed by atoms with van der Waals surface area (Å²) in [6.07, 6.45) is -2.56. The second-order valence-corrected chi connectivity index (χ2v) is 5.45. The topological polar surface area (TPSA) is 44.5 Å². The lowest BCUT2D eigenvalue weighted by Crippen LogP contribution is -1.96. The standard InChI is InChI=1S/C20H17F2NO2/c21-20(22)15-6-11-19(18(23)12-15)25-17-9-7-16(8-10-17)24-13-14-4-2-1-3-5-14/h1-12,20H,13,23H2. The van der Waals surface area contributed by atoms with Gasteiger partial charge in [0.2, 0.25) is 0 Å². The van der Waals surface area contributed by atoms with E-state index in [9.17, 15) is 8.78 Å². The lowest BCUT2D eigenvalue weighted by Gasteiger charge is -2.11. The highest BCUT2D eigenvalue weighted by Crippen LogP contribution is 2.32. The maximum absolute atomic E-state index is 12.6. The van der Waals surface area contributed by atoms with Crippen LogP contribution >= 0.6 is 0 Å². The van der Waals surface area contributed by atoms with Crippen molar-refractivity contribution in [3.05, 3.63) is 83.9 Å². The third kappa shape index (κ3) is 4.47. The van der Waals surface area contributed by atoms with Gasteiger partial charge in [0.1, 0.15) is 23.9 Å². The van der Waals surface area contributed by atoms with Gasteiger partial charge in [0.15, 0.2) is 0 Å². The smallest absolute Gasteiger partial charge is 0.263 e. The minimum atomic E-state index is -2.56. The lowest BCUT2D eigenvalue weighted by atomic mass is 10.2. The molecule has 3 aromatic carbocycles. The molecule has 0 saturated heterocycles. The lowest BCUT2D eigenvalue weighted by molar-refractivity contribution is 0.151. The van der Waals surface area contributed by atoms with Gasteiger partial charge < -0.3 is 15.2 Å².